The van der Waals surface area contributed by atoms with Crippen molar-refractivity contribution in [2.24, 2.45) is 0 Å². The van der Waals surface area contributed by atoms with E-state index in [4.69, 9.17) is 18.6 Å². The lowest BCUT2D eigenvalue weighted by atomic mass is 10.2. The molecule has 32 heavy (non-hydrogen) atoms. The number of esters is 1. The van der Waals surface area contributed by atoms with Gasteiger partial charge in [0.1, 0.15) is 30.0 Å². The van der Waals surface area contributed by atoms with Gasteiger partial charge >= 0.3 is 5.97 Å². The van der Waals surface area contributed by atoms with Gasteiger partial charge in [0.15, 0.2) is 6.10 Å². The molecule has 0 saturated heterocycles. The minimum Gasteiger partial charge on any atom is -0.479 e. The molecule has 0 saturated carbocycles. The fraction of sp³-hybridized carbons (Fsp3) is 0.154. The van der Waals surface area contributed by atoms with Gasteiger partial charge in [0.05, 0.1) is 5.39 Å². The maximum atomic E-state index is 12.8. The zero-order valence-electron chi connectivity index (χ0n) is 17.7. The van der Waals surface area contributed by atoms with Crippen molar-refractivity contribution in [3.8, 4) is 17.2 Å². The third kappa shape index (κ3) is 4.98. The number of hydrogen-bond donors (Lipinski definition) is 0. The van der Waals surface area contributed by atoms with E-state index in [9.17, 15) is 9.59 Å². The summed E-state index contributed by atoms with van der Waals surface area (Å²) in [5.74, 6) is 0.534. The third-order valence-electron chi connectivity index (χ3n) is 4.83. The highest BCUT2D eigenvalue weighted by Gasteiger charge is 2.18. The quantitative estimate of drug-likeness (QED) is 0.365. The van der Waals surface area contributed by atoms with Gasteiger partial charge in [-0.2, -0.15) is 0 Å². The molecule has 1 unspecified atom stereocenters. The lowest BCUT2D eigenvalue weighted by Crippen LogP contribution is -2.26. The molecule has 1 aromatic heterocycles. The van der Waals surface area contributed by atoms with E-state index in [1.54, 1.807) is 37.3 Å². The molecule has 162 valence electrons. The molecule has 1 atom stereocenters. The number of fused-ring (bicyclic) bond motifs is 1. The predicted octanol–water partition coefficient (Wildman–Crippen LogP) is 5.40. The average molecular weight is 430 g/mol. The summed E-state index contributed by atoms with van der Waals surface area (Å²) in [7, 11) is 0. The van der Waals surface area contributed by atoms with Gasteiger partial charge in [-0.15, -0.1) is 0 Å². The van der Waals surface area contributed by atoms with Crippen LogP contribution in [-0.4, -0.2) is 12.1 Å². The number of benzene rings is 3. The molecule has 0 bridgehead atoms. The van der Waals surface area contributed by atoms with Crippen LogP contribution in [0.15, 0.2) is 88.3 Å². The van der Waals surface area contributed by atoms with Crippen molar-refractivity contribution in [3.05, 3.63) is 100 Å². The van der Waals surface area contributed by atoms with Crippen LogP contribution in [-0.2, 0) is 16.1 Å². The molecule has 1 heterocycles. The zero-order chi connectivity index (χ0) is 22.5. The van der Waals surface area contributed by atoms with Gasteiger partial charge in [0.2, 0.25) is 11.2 Å². The summed E-state index contributed by atoms with van der Waals surface area (Å²) < 4.78 is 22.2. The second kappa shape index (κ2) is 9.39. The van der Waals surface area contributed by atoms with E-state index in [0.717, 1.165) is 11.1 Å². The number of carbonyl (C=O) groups is 1. The molecule has 0 aliphatic rings. The molecule has 6 nitrogen and oxygen atoms in total. The largest absolute Gasteiger partial charge is 0.479 e. The molecule has 0 fully saturated rings. The summed E-state index contributed by atoms with van der Waals surface area (Å²) in [5.41, 5.74) is 2.01. The first-order valence-electron chi connectivity index (χ1n) is 10.2. The number of rotatable bonds is 7. The van der Waals surface area contributed by atoms with Crippen LogP contribution >= 0.6 is 0 Å². The van der Waals surface area contributed by atoms with Crippen molar-refractivity contribution >= 4 is 16.9 Å². The van der Waals surface area contributed by atoms with Crippen LogP contribution in [0.1, 0.15) is 18.1 Å². The average Bonchev–Trinajstić information content (AvgIpc) is 2.81. The Balaban J connectivity index is 1.44. The summed E-state index contributed by atoms with van der Waals surface area (Å²) in [4.78, 5) is 25.0. The highest BCUT2D eigenvalue weighted by molar-refractivity contribution is 5.79. The fourth-order valence-electron chi connectivity index (χ4n) is 3.07. The summed E-state index contributed by atoms with van der Waals surface area (Å²) in [6.45, 7) is 3.74. The Bertz CT molecular complexity index is 1280. The van der Waals surface area contributed by atoms with Crippen LogP contribution in [0.2, 0.25) is 0 Å². The highest BCUT2D eigenvalue weighted by atomic mass is 16.6. The fourth-order valence-corrected chi connectivity index (χ4v) is 3.07. The van der Waals surface area contributed by atoms with Gasteiger partial charge in [-0.1, -0.05) is 48.0 Å². The number of hydrogen-bond acceptors (Lipinski definition) is 6. The van der Waals surface area contributed by atoms with Crippen molar-refractivity contribution < 1.29 is 23.4 Å². The first-order valence-corrected chi connectivity index (χ1v) is 10.2. The van der Waals surface area contributed by atoms with Gasteiger partial charge in [-0.05, 0) is 43.7 Å². The Morgan fingerprint density at radius 2 is 1.69 bits per heavy atom. The highest BCUT2D eigenvalue weighted by Crippen LogP contribution is 2.25. The maximum Gasteiger partial charge on any atom is 0.347 e. The molecule has 0 aliphatic carbocycles. The summed E-state index contributed by atoms with van der Waals surface area (Å²) in [6.07, 6.45) is 0.443. The van der Waals surface area contributed by atoms with Crippen molar-refractivity contribution in [2.75, 3.05) is 0 Å². The molecular weight excluding hydrogens is 408 g/mol. The van der Waals surface area contributed by atoms with Crippen LogP contribution in [0.5, 0.6) is 17.2 Å². The van der Waals surface area contributed by atoms with Crippen LogP contribution < -0.4 is 14.9 Å². The molecule has 0 spiro atoms. The second-order valence-electron chi connectivity index (χ2n) is 7.36. The molecule has 0 N–H and O–H groups in total. The molecular formula is C26H22O6. The van der Waals surface area contributed by atoms with E-state index >= 15 is 0 Å². The molecule has 6 heteroatoms. The van der Waals surface area contributed by atoms with E-state index in [-0.39, 0.29) is 17.8 Å². The molecule has 4 rings (SSSR count). The van der Waals surface area contributed by atoms with E-state index in [0.29, 0.717) is 22.5 Å². The molecule has 3 aromatic carbocycles. The second-order valence-corrected chi connectivity index (χ2v) is 7.36. The van der Waals surface area contributed by atoms with Crippen LogP contribution in [0.3, 0.4) is 0 Å². The maximum absolute atomic E-state index is 12.8. The number of aryl methyl sites for hydroxylation is 1. The van der Waals surface area contributed by atoms with Crippen LogP contribution in [0.25, 0.3) is 11.0 Å². The van der Waals surface area contributed by atoms with Crippen LogP contribution in [0.4, 0.5) is 0 Å². The van der Waals surface area contributed by atoms with E-state index < -0.39 is 12.1 Å². The Morgan fingerprint density at radius 1 is 0.969 bits per heavy atom. The normalized spacial score (nSPS) is 11.7. The molecule has 0 radical (unpaired) electrons. The smallest absolute Gasteiger partial charge is 0.347 e. The Morgan fingerprint density at radius 3 is 2.44 bits per heavy atom. The SMILES string of the molecule is Cc1ccc(Oc2coc3cc(OC(C)C(=O)OCc4ccccc4)ccc3c2=O)cc1. The van der Waals surface area contributed by atoms with Crippen molar-refractivity contribution in [1.82, 2.24) is 0 Å². The lowest BCUT2D eigenvalue weighted by Gasteiger charge is -2.14. The van der Waals surface area contributed by atoms with Crippen molar-refractivity contribution in [2.45, 2.75) is 26.6 Å². The van der Waals surface area contributed by atoms with Gasteiger partial charge < -0.3 is 18.6 Å². The molecule has 0 amide bonds. The summed E-state index contributed by atoms with van der Waals surface area (Å²) in [6, 6.07) is 21.5. The molecule has 4 aromatic rings. The minimum absolute atomic E-state index is 0.0906. The van der Waals surface area contributed by atoms with Crippen LogP contribution in [0, 0.1) is 6.92 Å². The minimum atomic E-state index is -0.827. The van der Waals surface area contributed by atoms with Gasteiger partial charge in [0, 0.05) is 6.07 Å². The Labute approximate surface area is 185 Å². The van der Waals surface area contributed by atoms with E-state index in [1.807, 2.05) is 49.4 Å². The van der Waals surface area contributed by atoms with Crippen molar-refractivity contribution in [1.29, 1.82) is 0 Å². The van der Waals surface area contributed by atoms with E-state index in [2.05, 4.69) is 0 Å². The summed E-state index contributed by atoms with van der Waals surface area (Å²) >= 11 is 0. The monoisotopic (exact) mass is 430 g/mol. The van der Waals surface area contributed by atoms with E-state index in [1.165, 1.54) is 6.26 Å². The summed E-state index contributed by atoms with van der Waals surface area (Å²) in [5, 5.41) is 0.348. The lowest BCUT2D eigenvalue weighted by molar-refractivity contribution is -0.152. The molecule has 0 aliphatic heterocycles. The Hall–Kier alpha value is -4.06. The Kier molecular flexibility index (Phi) is 6.22. The first-order chi connectivity index (χ1) is 15.5. The number of carbonyl (C=O) groups excluding carboxylic acids is 1. The number of ether oxygens (including phenoxy) is 3. The first kappa shape index (κ1) is 21.2. The topological polar surface area (TPSA) is 75.0 Å². The standard InChI is InChI=1S/C26H22O6/c1-17-8-10-20(11-9-17)32-24-16-29-23-14-21(12-13-22(23)25(24)27)31-18(2)26(28)30-15-19-6-4-3-5-7-19/h3-14,16,18H,15H2,1-2H3. The third-order valence-corrected chi connectivity index (χ3v) is 4.83. The van der Waals surface area contributed by atoms with Gasteiger partial charge in [0.25, 0.3) is 0 Å². The zero-order valence-corrected chi connectivity index (χ0v) is 17.7. The van der Waals surface area contributed by atoms with Gasteiger partial charge in [-0.3, -0.25) is 4.79 Å². The predicted molar refractivity (Wildman–Crippen MR) is 120 cm³/mol. The van der Waals surface area contributed by atoms with Crippen molar-refractivity contribution in [3.63, 3.8) is 0 Å². The van der Waals surface area contributed by atoms with Gasteiger partial charge in [-0.25, -0.2) is 4.79 Å².